The van der Waals surface area contributed by atoms with Gasteiger partial charge in [0.1, 0.15) is 12.4 Å². The highest BCUT2D eigenvalue weighted by molar-refractivity contribution is 6.00. The van der Waals surface area contributed by atoms with E-state index in [4.69, 9.17) is 14.7 Å². The lowest BCUT2D eigenvalue weighted by Gasteiger charge is -2.12. The minimum absolute atomic E-state index is 0.0211. The summed E-state index contributed by atoms with van der Waals surface area (Å²) in [5.41, 5.74) is 5.83. The molecule has 0 amide bonds. The minimum atomic E-state index is -0.859. The van der Waals surface area contributed by atoms with Crippen LogP contribution in [0.5, 0.6) is 5.75 Å². The third kappa shape index (κ3) is 6.19. The zero-order valence-electron chi connectivity index (χ0n) is 17.9. The lowest BCUT2D eigenvalue weighted by Crippen LogP contribution is -2.08. The Morgan fingerprint density at radius 2 is 1.61 bits per heavy atom. The van der Waals surface area contributed by atoms with Crippen molar-refractivity contribution in [3.05, 3.63) is 89.5 Å². The molecule has 0 bridgehead atoms. The molecule has 3 aromatic rings. The number of aliphatic carboxylic acids is 1. The molecule has 0 saturated heterocycles. The first-order valence-corrected chi connectivity index (χ1v) is 10.4. The number of rotatable bonds is 10. The van der Waals surface area contributed by atoms with Gasteiger partial charge in [0.2, 0.25) is 0 Å². The molecule has 0 saturated carbocycles. The molecular formula is C26H27NO4. The lowest BCUT2D eigenvalue weighted by atomic mass is 10.0. The molecular weight excluding hydrogens is 390 g/mol. The van der Waals surface area contributed by atoms with Crippen molar-refractivity contribution in [2.45, 2.75) is 26.7 Å². The number of benzene rings is 3. The van der Waals surface area contributed by atoms with E-state index >= 15 is 0 Å². The van der Waals surface area contributed by atoms with Crippen LogP contribution in [0.4, 0.5) is 0 Å². The number of nitrogens with zero attached hydrogens (tertiary/aromatic N) is 1. The second-order valence-corrected chi connectivity index (χ2v) is 7.13. The first-order chi connectivity index (χ1) is 15.1. The number of oxime groups is 1. The van der Waals surface area contributed by atoms with Crippen molar-refractivity contribution in [2.75, 3.05) is 13.2 Å². The number of ether oxygens (including phenoxy) is 1. The third-order valence-electron chi connectivity index (χ3n) is 5.01. The molecule has 0 aliphatic heterocycles. The third-order valence-corrected chi connectivity index (χ3v) is 5.01. The summed E-state index contributed by atoms with van der Waals surface area (Å²) in [6.07, 6.45) is 0.731. The van der Waals surface area contributed by atoms with E-state index in [1.807, 2.05) is 38.1 Å². The highest BCUT2D eigenvalue weighted by atomic mass is 16.6. The van der Waals surface area contributed by atoms with Crippen LogP contribution in [-0.4, -0.2) is 30.0 Å². The fraction of sp³-hybridized carbons (Fsp3) is 0.231. The number of hydrogen-bond donors (Lipinski definition) is 1. The van der Waals surface area contributed by atoms with Crippen molar-refractivity contribution in [3.63, 3.8) is 0 Å². The standard InChI is InChI=1S/C26H27NO4/c1-3-24(22-14-12-21(13-15-22)20-8-5-4-6-9-20)27-31-17-16-30-25-11-7-10-23(19(25)2)18-26(28)29/h4-15H,3,16-18H2,1-2H3,(H,28,29)/b27-24+. The minimum Gasteiger partial charge on any atom is -0.490 e. The van der Waals surface area contributed by atoms with Crippen molar-refractivity contribution < 1.29 is 19.5 Å². The van der Waals surface area contributed by atoms with E-state index in [0.717, 1.165) is 34.4 Å². The van der Waals surface area contributed by atoms with Gasteiger partial charge in [0, 0.05) is 0 Å². The average molecular weight is 418 g/mol. The summed E-state index contributed by atoms with van der Waals surface area (Å²) in [6, 6.07) is 24.0. The van der Waals surface area contributed by atoms with Gasteiger partial charge in [-0.2, -0.15) is 0 Å². The Labute approximate surface area is 182 Å². The maximum Gasteiger partial charge on any atom is 0.307 e. The predicted octanol–water partition coefficient (Wildman–Crippen LogP) is 5.50. The second-order valence-electron chi connectivity index (χ2n) is 7.13. The number of hydrogen-bond acceptors (Lipinski definition) is 4. The first-order valence-electron chi connectivity index (χ1n) is 10.4. The van der Waals surface area contributed by atoms with Gasteiger partial charge in [-0.05, 0) is 47.2 Å². The maximum absolute atomic E-state index is 11.0. The van der Waals surface area contributed by atoms with Gasteiger partial charge in [-0.1, -0.05) is 78.8 Å². The van der Waals surface area contributed by atoms with E-state index in [2.05, 4.69) is 41.6 Å². The molecule has 0 aliphatic carbocycles. The Morgan fingerprint density at radius 3 is 2.29 bits per heavy atom. The normalized spacial score (nSPS) is 11.2. The number of carboxylic acids is 1. The molecule has 0 fully saturated rings. The fourth-order valence-corrected chi connectivity index (χ4v) is 3.29. The molecule has 5 heteroatoms. The summed E-state index contributed by atoms with van der Waals surface area (Å²) in [4.78, 5) is 16.4. The molecule has 0 aromatic heterocycles. The summed E-state index contributed by atoms with van der Waals surface area (Å²) in [6.45, 7) is 4.53. The molecule has 31 heavy (non-hydrogen) atoms. The van der Waals surface area contributed by atoms with Crippen LogP contribution in [0.15, 0.2) is 78.0 Å². The summed E-state index contributed by atoms with van der Waals surface area (Å²) in [5.74, 6) is -0.194. The summed E-state index contributed by atoms with van der Waals surface area (Å²) in [5, 5.41) is 13.3. The van der Waals surface area contributed by atoms with Crippen molar-refractivity contribution >= 4 is 11.7 Å². The first kappa shape index (κ1) is 22.1. The van der Waals surface area contributed by atoms with Crippen LogP contribution in [0.25, 0.3) is 11.1 Å². The Bertz CT molecular complexity index is 1030. The van der Waals surface area contributed by atoms with Crippen LogP contribution < -0.4 is 4.74 Å². The van der Waals surface area contributed by atoms with Gasteiger partial charge < -0.3 is 14.7 Å². The van der Waals surface area contributed by atoms with E-state index < -0.39 is 5.97 Å². The largest absolute Gasteiger partial charge is 0.490 e. The van der Waals surface area contributed by atoms with Crippen LogP contribution in [-0.2, 0) is 16.1 Å². The highest BCUT2D eigenvalue weighted by Crippen LogP contribution is 2.22. The molecule has 0 aliphatic rings. The Balaban J connectivity index is 1.55. The quantitative estimate of drug-likeness (QED) is 0.269. The Kier molecular flexibility index (Phi) is 7.82. The Hall–Kier alpha value is -3.60. The van der Waals surface area contributed by atoms with E-state index in [1.165, 1.54) is 5.56 Å². The summed E-state index contributed by atoms with van der Waals surface area (Å²) < 4.78 is 5.76. The van der Waals surface area contributed by atoms with Gasteiger partial charge in [-0.15, -0.1) is 0 Å². The lowest BCUT2D eigenvalue weighted by molar-refractivity contribution is -0.136. The SMILES string of the molecule is CC/C(=N\OCCOc1cccc(CC(=O)O)c1C)c1ccc(-c2ccccc2)cc1. The fourth-order valence-electron chi connectivity index (χ4n) is 3.29. The van der Waals surface area contributed by atoms with Crippen LogP contribution in [0.2, 0.25) is 0 Å². The van der Waals surface area contributed by atoms with E-state index in [-0.39, 0.29) is 6.42 Å². The molecule has 0 atom stereocenters. The van der Waals surface area contributed by atoms with Crippen LogP contribution >= 0.6 is 0 Å². The van der Waals surface area contributed by atoms with Crippen molar-refractivity contribution in [1.82, 2.24) is 0 Å². The Morgan fingerprint density at radius 1 is 0.903 bits per heavy atom. The van der Waals surface area contributed by atoms with E-state index in [1.54, 1.807) is 12.1 Å². The molecule has 0 radical (unpaired) electrons. The van der Waals surface area contributed by atoms with Gasteiger partial charge in [-0.25, -0.2) is 0 Å². The summed E-state index contributed by atoms with van der Waals surface area (Å²) in [7, 11) is 0. The smallest absolute Gasteiger partial charge is 0.307 e. The van der Waals surface area contributed by atoms with E-state index in [0.29, 0.717) is 19.0 Å². The van der Waals surface area contributed by atoms with Crippen LogP contribution in [0, 0.1) is 6.92 Å². The monoisotopic (exact) mass is 417 g/mol. The zero-order chi connectivity index (χ0) is 22.1. The number of carboxylic acid groups (broad SMARTS) is 1. The van der Waals surface area contributed by atoms with E-state index in [9.17, 15) is 4.79 Å². The van der Waals surface area contributed by atoms with Gasteiger partial charge in [0.05, 0.1) is 12.1 Å². The molecule has 0 spiro atoms. The van der Waals surface area contributed by atoms with Crippen molar-refractivity contribution in [1.29, 1.82) is 0 Å². The molecule has 0 heterocycles. The summed E-state index contributed by atoms with van der Waals surface area (Å²) >= 11 is 0. The highest BCUT2D eigenvalue weighted by Gasteiger charge is 2.08. The van der Waals surface area contributed by atoms with Crippen molar-refractivity contribution in [3.8, 4) is 16.9 Å². The van der Waals surface area contributed by atoms with Crippen LogP contribution in [0.3, 0.4) is 0 Å². The average Bonchev–Trinajstić information content (AvgIpc) is 2.79. The van der Waals surface area contributed by atoms with Gasteiger partial charge in [-0.3, -0.25) is 4.79 Å². The number of carbonyl (C=O) groups is 1. The van der Waals surface area contributed by atoms with Gasteiger partial charge >= 0.3 is 5.97 Å². The van der Waals surface area contributed by atoms with Crippen LogP contribution in [0.1, 0.15) is 30.0 Å². The molecule has 5 nitrogen and oxygen atoms in total. The molecule has 1 N–H and O–H groups in total. The maximum atomic E-state index is 11.0. The molecule has 3 aromatic carbocycles. The second kappa shape index (κ2) is 11.0. The van der Waals surface area contributed by atoms with Crippen molar-refractivity contribution in [2.24, 2.45) is 5.16 Å². The molecule has 3 rings (SSSR count). The topological polar surface area (TPSA) is 68.1 Å². The molecule has 0 unspecified atom stereocenters. The van der Waals surface area contributed by atoms with Gasteiger partial charge in [0.25, 0.3) is 0 Å². The molecule has 160 valence electrons. The zero-order valence-corrected chi connectivity index (χ0v) is 17.9. The van der Waals surface area contributed by atoms with Gasteiger partial charge in [0.15, 0.2) is 6.61 Å². The predicted molar refractivity (Wildman–Crippen MR) is 123 cm³/mol.